The third kappa shape index (κ3) is 8.52. The van der Waals surface area contributed by atoms with E-state index in [1.54, 1.807) is 39.2 Å². The Balaban J connectivity index is 1.54. The second kappa shape index (κ2) is 12.1. The highest BCUT2D eigenvalue weighted by atomic mass is 19.3. The third-order valence-corrected chi connectivity index (χ3v) is 7.46. The summed E-state index contributed by atoms with van der Waals surface area (Å²) >= 11 is 0. The van der Waals surface area contributed by atoms with Crippen LogP contribution in [0.4, 0.5) is 22.4 Å². The average Bonchev–Trinajstić information content (AvgIpc) is 3.26. The zero-order chi connectivity index (χ0) is 30.0. The quantitative estimate of drug-likeness (QED) is 0.344. The minimum atomic E-state index is -2.73. The van der Waals surface area contributed by atoms with Gasteiger partial charge in [0.05, 0.1) is 36.8 Å². The van der Waals surface area contributed by atoms with E-state index in [1.165, 1.54) is 4.52 Å². The highest BCUT2D eigenvalue weighted by Crippen LogP contribution is 2.44. The van der Waals surface area contributed by atoms with Crippen molar-refractivity contribution in [3.63, 3.8) is 0 Å². The number of ether oxygens (including phenoxy) is 2. The molecule has 2 aromatic rings. The molecule has 2 aliphatic rings. The summed E-state index contributed by atoms with van der Waals surface area (Å²) in [4.78, 5) is 30.0. The number of carbonyl (C=O) groups excluding carboxylic acids is 2. The minimum absolute atomic E-state index is 0.000137. The van der Waals surface area contributed by atoms with Gasteiger partial charge in [-0.1, -0.05) is 0 Å². The van der Waals surface area contributed by atoms with Crippen molar-refractivity contribution in [3.8, 4) is 0 Å². The maximum Gasteiger partial charge on any atom is 0.408 e. The number of nitrogens with zero attached hydrogens (tertiary/aromatic N) is 3. The molecule has 1 unspecified atom stereocenters. The maximum atomic E-state index is 13.9. The molecule has 13 heteroatoms. The Bertz CT molecular complexity index is 1210. The standard InChI is InChI=1S/C28H39F4N5O4/c1-5-40-16-21(35-23(38)10-17-12-28(31,32)13-17)19-11-22-34-20(15-37(22)33-14-19)24(36-25(39)41-26(2,3)4)18-6-8-27(29,30)9-7-18/h11,14-15,17-18,21,24H,5-10,12-13,16H2,1-4H3,(H,35,38)(H,36,39)/t21-,24?/m1/s1. The molecular weight excluding hydrogens is 546 g/mol. The van der Waals surface area contributed by atoms with Crippen LogP contribution in [0.3, 0.4) is 0 Å². The molecule has 2 aliphatic carbocycles. The number of fused-ring (bicyclic) bond motifs is 1. The number of amides is 2. The predicted octanol–water partition coefficient (Wildman–Crippen LogP) is 5.75. The topological polar surface area (TPSA) is 107 Å². The largest absolute Gasteiger partial charge is 0.444 e. The lowest BCUT2D eigenvalue weighted by atomic mass is 9.79. The number of hydrogen-bond donors (Lipinski definition) is 2. The highest BCUT2D eigenvalue weighted by Gasteiger charge is 2.46. The Morgan fingerprint density at radius 3 is 2.41 bits per heavy atom. The zero-order valence-electron chi connectivity index (χ0n) is 23.9. The first-order valence-corrected chi connectivity index (χ1v) is 14.1. The van der Waals surface area contributed by atoms with Gasteiger partial charge in [0.25, 0.3) is 0 Å². The maximum absolute atomic E-state index is 13.9. The molecule has 2 heterocycles. The normalized spacial score (nSPS) is 20.7. The minimum Gasteiger partial charge on any atom is -0.444 e. The second-order valence-corrected chi connectivity index (χ2v) is 12.2. The molecule has 0 spiro atoms. The molecule has 2 atom stereocenters. The monoisotopic (exact) mass is 585 g/mol. The van der Waals surface area contributed by atoms with E-state index < -0.39 is 35.6 Å². The molecule has 0 aliphatic heterocycles. The summed E-state index contributed by atoms with van der Waals surface area (Å²) in [6.45, 7) is 7.57. The van der Waals surface area contributed by atoms with Crippen LogP contribution in [-0.2, 0) is 14.3 Å². The van der Waals surface area contributed by atoms with Crippen LogP contribution >= 0.6 is 0 Å². The first kappa shape index (κ1) is 31.0. The molecule has 0 bridgehead atoms. The van der Waals surface area contributed by atoms with E-state index >= 15 is 0 Å². The van der Waals surface area contributed by atoms with E-state index in [4.69, 9.17) is 9.47 Å². The van der Waals surface area contributed by atoms with Gasteiger partial charge in [0.1, 0.15) is 5.60 Å². The van der Waals surface area contributed by atoms with Crippen molar-refractivity contribution < 1.29 is 36.6 Å². The molecule has 0 saturated heterocycles. The summed E-state index contributed by atoms with van der Waals surface area (Å²) < 4.78 is 66.7. The Hall–Kier alpha value is -2.96. The van der Waals surface area contributed by atoms with Crippen LogP contribution < -0.4 is 10.6 Å². The summed E-state index contributed by atoms with van der Waals surface area (Å²) in [5, 5.41) is 10.1. The molecule has 2 aromatic heterocycles. The van der Waals surface area contributed by atoms with Gasteiger partial charge in [-0.25, -0.2) is 31.9 Å². The predicted molar refractivity (Wildman–Crippen MR) is 142 cm³/mol. The van der Waals surface area contributed by atoms with Crippen molar-refractivity contribution in [2.24, 2.45) is 11.8 Å². The molecule has 2 fully saturated rings. The van der Waals surface area contributed by atoms with E-state index in [9.17, 15) is 27.2 Å². The Kier molecular flexibility index (Phi) is 9.15. The molecule has 228 valence electrons. The number of rotatable bonds is 10. The Labute approximate surface area is 236 Å². The van der Waals surface area contributed by atoms with Gasteiger partial charge in [-0.2, -0.15) is 5.10 Å². The number of imidazole rings is 1. The molecule has 2 N–H and O–H groups in total. The highest BCUT2D eigenvalue weighted by molar-refractivity contribution is 5.77. The van der Waals surface area contributed by atoms with Crippen molar-refractivity contribution in [1.29, 1.82) is 0 Å². The van der Waals surface area contributed by atoms with Crippen molar-refractivity contribution in [2.75, 3.05) is 13.2 Å². The fourth-order valence-electron chi connectivity index (χ4n) is 5.42. The Morgan fingerprint density at radius 2 is 1.80 bits per heavy atom. The van der Waals surface area contributed by atoms with Gasteiger partial charge in [0.15, 0.2) is 5.65 Å². The van der Waals surface area contributed by atoms with Gasteiger partial charge in [-0.05, 0) is 58.4 Å². The fraction of sp³-hybridized carbons (Fsp3) is 0.714. The molecule has 9 nitrogen and oxygen atoms in total. The zero-order valence-corrected chi connectivity index (χ0v) is 23.9. The first-order valence-electron chi connectivity index (χ1n) is 14.1. The molecule has 0 aromatic carbocycles. The van der Waals surface area contributed by atoms with Crippen molar-refractivity contribution in [3.05, 3.63) is 29.7 Å². The summed E-state index contributed by atoms with van der Waals surface area (Å²) in [6.07, 6.45) is 1.78. The van der Waals surface area contributed by atoms with Gasteiger partial charge < -0.3 is 20.1 Å². The number of alkyl carbamates (subject to hydrolysis) is 1. The van der Waals surface area contributed by atoms with Gasteiger partial charge in [0.2, 0.25) is 17.8 Å². The SMILES string of the molecule is CCOC[C@@H](NC(=O)CC1CC(F)(F)C1)c1cnn2cc(C(NC(=O)OC(C)(C)C)C3CCC(F)(F)CC3)nc2c1. The van der Waals surface area contributed by atoms with E-state index in [0.717, 1.165) is 0 Å². The smallest absolute Gasteiger partial charge is 0.408 e. The van der Waals surface area contributed by atoms with E-state index in [1.807, 2.05) is 6.92 Å². The third-order valence-electron chi connectivity index (χ3n) is 7.46. The summed E-state index contributed by atoms with van der Waals surface area (Å²) in [5.41, 5.74) is 0.726. The number of alkyl halides is 4. The number of hydrogen-bond acceptors (Lipinski definition) is 6. The lowest BCUT2D eigenvalue weighted by molar-refractivity contribution is -0.134. The molecule has 41 heavy (non-hydrogen) atoms. The van der Waals surface area contributed by atoms with Crippen LogP contribution in [-0.4, -0.2) is 57.3 Å². The van der Waals surface area contributed by atoms with Crippen LogP contribution in [0.2, 0.25) is 0 Å². The van der Waals surface area contributed by atoms with Crippen LogP contribution in [0.5, 0.6) is 0 Å². The number of halogens is 4. The van der Waals surface area contributed by atoms with Crippen LogP contribution in [0.15, 0.2) is 18.5 Å². The Morgan fingerprint density at radius 1 is 1.12 bits per heavy atom. The average molecular weight is 586 g/mol. The summed E-state index contributed by atoms with van der Waals surface area (Å²) in [6, 6.07) is 0.458. The van der Waals surface area contributed by atoms with Gasteiger partial charge in [0, 0.05) is 44.3 Å². The van der Waals surface area contributed by atoms with Crippen LogP contribution in [0.1, 0.15) is 96.0 Å². The molecule has 2 saturated carbocycles. The van der Waals surface area contributed by atoms with Gasteiger partial charge in [-0.15, -0.1) is 0 Å². The van der Waals surface area contributed by atoms with E-state index in [-0.39, 0.29) is 69.3 Å². The van der Waals surface area contributed by atoms with Crippen LogP contribution in [0.25, 0.3) is 5.65 Å². The fourth-order valence-corrected chi connectivity index (χ4v) is 5.42. The lowest BCUT2D eigenvalue weighted by Gasteiger charge is -2.34. The van der Waals surface area contributed by atoms with E-state index in [0.29, 0.717) is 23.5 Å². The molecular formula is C28H39F4N5O4. The lowest BCUT2D eigenvalue weighted by Crippen LogP contribution is -2.40. The number of aromatic nitrogens is 3. The number of nitrogens with one attached hydrogen (secondary N) is 2. The van der Waals surface area contributed by atoms with Crippen molar-refractivity contribution >= 4 is 17.6 Å². The summed E-state index contributed by atoms with van der Waals surface area (Å²) in [5.74, 6) is -6.42. The molecule has 0 radical (unpaired) electrons. The molecule has 2 amide bonds. The van der Waals surface area contributed by atoms with Gasteiger partial charge >= 0.3 is 6.09 Å². The van der Waals surface area contributed by atoms with Crippen molar-refractivity contribution in [1.82, 2.24) is 25.2 Å². The van der Waals surface area contributed by atoms with E-state index in [2.05, 4.69) is 20.7 Å². The first-order chi connectivity index (χ1) is 19.1. The summed E-state index contributed by atoms with van der Waals surface area (Å²) in [7, 11) is 0. The number of carbonyl (C=O) groups is 2. The molecule has 4 rings (SSSR count). The second-order valence-electron chi connectivity index (χ2n) is 12.2. The van der Waals surface area contributed by atoms with Gasteiger partial charge in [-0.3, -0.25) is 4.79 Å². The van der Waals surface area contributed by atoms with Crippen LogP contribution in [0, 0.1) is 11.8 Å². The van der Waals surface area contributed by atoms with Crippen molar-refractivity contribution in [2.45, 2.75) is 102 Å².